The molecule has 1 aromatic heterocycles. The molecule has 0 amide bonds. The van der Waals surface area contributed by atoms with Gasteiger partial charge in [0.1, 0.15) is 6.61 Å². The van der Waals surface area contributed by atoms with E-state index in [0.29, 0.717) is 0 Å². The molecule has 1 N–H and O–H groups in total. The fourth-order valence-electron chi connectivity index (χ4n) is 1.31. The van der Waals surface area contributed by atoms with Crippen molar-refractivity contribution in [3.63, 3.8) is 0 Å². The van der Waals surface area contributed by atoms with E-state index in [1.54, 1.807) is 20.8 Å². The highest BCUT2D eigenvalue weighted by Gasteiger charge is 2.23. The van der Waals surface area contributed by atoms with Crippen LogP contribution in [0.4, 0.5) is 8.78 Å². The fourth-order valence-corrected chi connectivity index (χ4v) is 1.31. The smallest absolute Gasteiger partial charge is 0.346 e. The monoisotopic (exact) mass is 235 g/mol. The van der Waals surface area contributed by atoms with E-state index >= 15 is 0 Å². The zero-order valence-corrected chi connectivity index (χ0v) is 9.44. The summed E-state index contributed by atoms with van der Waals surface area (Å²) in [5, 5.41) is 12.8. The molecule has 1 heterocycles. The third kappa shape index (κ3) is 2.46. The topological polar surface area (TPSA) is 60.0 Å². The van der Waals surface area contributed by atoms with Gasteiger partial charge in [0.05, 0.1) is 12.1 Å². The minimum Gasteiger partial charge on any atom is -0.388 e. The van der Waals surface area contributed by atoms with E-state index in [-0.39, 0.29) is 5.82 Å². The highest BCUT2D eigenvalue weighted by molar-refractivity contribution is 4.89. The van der Waals surface area contributed by atoms with E-state index in [9.17, 15) is 13.6 Å². The first kappa shape index (κ1) is 12.8. The Balaban J connectivity index is 3.27. The minimum atomic E-state index is -2.65. The maximum Gasteiger partial charge on any atom is 0.346 e. The first-order valence-corrected chi connectivity index (χ1v) is 4.85. The van der Waals surface area contributed by atoms with E-state index < -0.39 is 30.8 Å². The van der Waals surface area contributed by atoms with E-state index in [2.05, 4.69) is 5.10 Å². The molecule has 1 aromatic rings. The van der Waals surface area contributed by atoms with E-state index in [4.69, 9.17) is 5.11 Å². The number of hydrogen-bond acceptors (Lipinski definition) is 3. The van der Waals surface area contributed by atoms with Gasteiger partial charge in [0.2, 0.25) is 0 Å². The van der Waals surface area contributed by atoms with Crippen molar-refractivity contribution in [3.8, 4) is 0 Å². The maximum atomic E-state index is 12.2. The quantitative estimate of drug-likeness (QED) is 0.832. The largest absolute Gasteiger partial charge is 0.388 e. The molecule has 0 saturated heterocycles. The van der Waals surface area contributed by atoms with Crippen molar-refractivity contribution in [1.29, 1.82) is 0 Å². The highest BCUT2D eigenvalue weighted by Crippen LogP contribution is 2.10. The standard InChI is InChI=1S/C9H15F2N3O2/c1-9(2,3)14-8(16)13(4-6(10)11)7(5-15)12-14/h6,15H,4-5H2,1-3H3. The highest BCUT2D eigenvalue weighted by atomic mass is 19.3. The van der Waals surface area contributed by atoms with Gasteiger partial charge in [0.25, 0.3) is 6.43 Å². The van der Waals surface area contributed by atoms with E-state index in [1.165, 1.54) is 0 Å². The average Bonchev–Trinajstić information content (AvgIpc) is 2.42. The van der Waals surface area contributed by atoms with Crippen molar-refractivity contribution >= 4 is 0 Å². The number of hydrogen-bond donors (Lipinski definition) is 1. The van der Waals surface area contributed by atoms with Crippen molar-refractivity contribution < 1.29 is 13.9 Å². The molecule has 1 rings (SSSR count). The maximum absolute atomic E-state index is 12.2. The van der Waals surface area contributed by atoms with Gasteiger partial charge in [-0.15, -0.1) is 0 Å². The lowest BCUT2D eigenvalue weighted by Gasteiger charge is -2.16. The van der Waals surface area contributed by atoms with Gasteiger partial charge in [-0.3, -0.25) is 4.57 Å². The summed E-state index contributed by atoms with van der Waals surface area (Å²) in [5.74, 6) is -0.0415. The van der Waals surface area contributed by atoms with Crippen molar-refractivity contribution in [3.05, 3.63) is 16.3 Å². The van der Waals surface area contributed by atoms with Crippen LogP contribution in [0.15, 0.2) is 4.79 Å². The predicted octanol–water partition coefficient (Wildman–Crippen LogP) is 0.557. The minimum absolute atomic E-state index is 0.0415. The number of alkyl halides is 2. The predicted molar refractivity (Wildman–Crippen MR) is 53.4 cm³/mol. The number of halogens is 2. The van der Waals surface area contributed by atoms with Gasteiger partial charge in [-0.05, 0) is 20.8 Å². The Morgan fingerprint density at radius 2 is 2.00 bits per heavy atom. The SMILES string of the molecule is CC(C)(C)n1nc(CO)n(CC(F)F)c1=O. The van der Waals surface area contributed by atoms with Crippen molar-refractivity contribution in [1.82, 2.24) is 14.3 Å². The molecule has 0 unspecified atom stereocenters. The second-order valence-electron chi connectivity index (χ2n) is 4.44. The average molecular weight is 235 g/mol. The molecule has 0 radical (unpaired) electrons. The van der Waals surface area contributed by atoms with Crippen LogP contribution in [0.5, 0.6) is 0 Å². The van der Waals surface area contributed by atoms with E-state index in [0.717, 1.165) is 9.25 Å². The number of aromatic nitrogens is 3. The molecule has 16 heavy (non-hydrogen) atoms. The zero-order valence-electron chi connectivity index (χ0n) is 9.44. The molecule has 0 aromatic carbocycles. The molecule has 0 aliphatic heterocycles. The van der Waals surface area contributed by atoms with Crippen LogP contribution in [0, 0.1) is 0 Å². The Kier molecular flexibility index (Phi) is 3.47. The Morgan fingerprint density at radius 3 is 2.38 bits per heavy atom. The van der Waals surface area contributed by atoms with Crippen LogP contribution in [0.3, 0.4) is 0 Å². The molecular weight excluding hydrogens is 220 g/mol. The van der Waals surface area contributed by atoms with Gasteiger partial charge in [-0.1, -0.05) is 0 Å². The molecule has 0 bridgehead atoms. The molecule has 0 fully saturated rings. The van der Waals surface area contributed by atoms with E-state index in [1.807, 2.05) is 0 Å². The van der Waals surface area contributed by atoms with Crippen LogP contribution in [-0.2, 0) is 18.7 Å². The summed E-state index contributed by atoms with van der Waals surface area (Å²) in [4.78, 5) is 11.7. The van der Waals surface area contributed by atoms with Crippen LogP contribution < -0.4 is 5.69 Å². The third-order valence-electron chi connectivity index (χ3n) is 2.04. The number of rotatable bonds is 3. The normalized spacial score (nSPS) is 12.4. The molecule has 0 aliphatic carbocycles. The summed E-state index contributed by atoms with van der Waals surface area (Å²) in [7, 11) is 0. The molecule has 0 aliphatic rings. The number of aliphatic hydroxyl groups is 1. The molecule has 92 valence electrons. The van der Waals surface area contributed by atoms with Crippen molar-refractivity contribution in [2.45, 2.75) is 45.9 Å². The van der Waals surface area contributed by atoms with Gasteiger partial charge in [0.15, 0.2) is 5.82 Å². The van der Waals surface area contributed by atoms with Crippen molar-refractivity contribution in [2.75, 3.05) is 0 Å². The first-order chi connectivity index (χ1) is 7.27. The lowest BCUT2D eigenvalue weighted by Crippen LogP contribution is -2.36. The zero-order chi connectivity index (χ0) is 12.5. The third-order valence-corrected chi connectivity index (χ3v) is 2.04. The van der Waals surface area contributed by atoms with Crippen LogP contribution in [0.1, 0.15) is 26.6 Å². The Bertz CT molecular complexity index is 417. The van der Waals surface area contributed by atoms with Crippen LogP contribution in [0.25, 0.3) is 0 Å². The fraction of sp³-hybridized carbons (Fsp3) is 0.778. The molecule has 0 saturated carbocycles. The summed E-state index contributed by atoms with van der Waals surface area (Å²) in [6, 6.07) is 0. The van der Waals surface area contributed by atoms with Gasteiger partial charge in [-0.2, -0.15) is 5.10 Å². The summed E-state index contributed by atoms with van der Waals surface area (Å²) < 4.78 is 26.4. The second kappa shape index (κ2) is 4.32. The molecule has 0 atom stereocenters. The van der Waals surface area contributed by atoms with Gasteiger partial charge >= 0.3 is 5.69 Å². The summed E-state index contributed by atoms with van der Waals surface area (Å²) in [6.45, 7) is 3.91. The Morgan fingerprint density at radius 1 is 1.44 bits per heavy atom. The van der Waals surface area contributed by atoms with Gasteiger partial charge < -0.3 is 5.11 Å². The summed E-state index contributed by atoms with van der Waals surface area (Å²) >= 11 is 0. The van der Waals surface area contributed by atoms with Crippen molar-refractivity contribution in [2.24, 2.45) is 0 Å². The Hall–Kier alpha value is -1.24. The second-order valence-corrected chi connectivity index (χ2v) is 4.44. The van der Waals surface area contributed by atoms with Gasteiger partial charge in [0, 0.05) is 0 Å². The van der Waals surface area contributed by atoms with Gasteiger partial charge in [-0.25, -0.2) is 18.3 Å². The molecule has 5 nitrogen and oxygen atoms in total. The Labute approximate surface area is 91.3 Å². The lowest BCUT2D eigenvalue weighted by atomic mass is 10.1. The first-order valence-electron chi connectivity index (χ1n) is 4.85. The lowest BCUT2D eigenvalue weighted by molar-refractivity contribution is 0.121. The molecule has 0 spiro atoms. The summed E-state index contributed by atoms with van der Waals surface area (Å²) in [5.41, 5.74) is -1.23. The van der Waals surface area contributed by atoms with Crippen LogP contribution in [0.2, 0.25) is 0 Å². The van der Waals surface area contributed by atoms with Crippen LogP contribution in [-0.4, -0.2) is 25.9 Å². The number of nitrogens with zero attached hydrogens (tertiary/aromatic N) is 3. The van der Waals surface area contributed by atoms with Crippen LogP contribution >= 0.6 is 0 Å². The molecular formula is C9H15F2N3O2. The summed E-state index contributed by atoms with van der Waals surface area (Å²) in [6.07, 6.45) is -2.65. The molecule has 7 heteroatoms. The number of aliphatic hydroxyl groups excluding tert-OH is 1.